The molecule has 1 rings (SSSR count). The van der Waals surface area contributed by atoms with E-state index in [2.05, 4.69) is 45.9 Å². The first kappa shape index (κ1) is 21.2. The first-order chi connectivity index (χ1) is 11.6. The van der Waals surface area contributed by atoms with E-state index < -0.39 is 0 Å². The molecule has 0 aliphatic heterocycles. The Kier molecular flexibility index (Phi) is 8.15. The van der Waals surface area contributed by atoms with Crippen molar-refractivity contribution < 1.29 is 9.53 Å². The zero-order valence-electron chi connectivity index (χ0n) is 17.0. The third kappa shape index (κ3) is 7.72. The third-order valence-electron chi connectivity index (χ3n) is 4.47. The van der Waals surface area contributed by atoms with Crippen molar-refractivity contribution in [1.29, 1.82) is 0 Å². The number of carbonyl (C=O) groups is 1. The van der Waals surface area contributed by atoms with Crippen molar-refractivity contribution in [1.82, 2.24) is 0 Å². The molecule has 0 spiro atoms. The zero-order chi connectivity index (χ0) is 19.0. The second kappa shape index (κ2) is 9.60. The molecule has 2 heteroatoms. The summed E-state index contributed by atoms with van der Waals surface area (Å²) in [5.41, 5.74) is 5.33. The van der Waals surface area contributed by atoms with Crippen molar-refractivity contribution >= 4 is 5.97 Å². The quantitative estimate of drug-likeness (QED) is 0.314. The lowest BCUT2D eigenvalue weighted by Gasteiger charge is -2.32. The highest BCUT2D eigenvalue weighted by atomic mass is 16.5. The summed E-state index contributed by atoms with van der Waals surface area (Å²) in [6, 6.07) is 0. The van der Waals surface area contributed by atoms with E-state index in [0.717, 1.165) is 5.57 Å². The van der Waals surface area contributed by atoms with E-state index >= 15 is 0 Å². The van der Waals surface area contributed by atoms with Gasteiger partial charge in [0.1, 0.15) is 0 Å². The smallest absolute Gasteiger partial charge is 0.331 e. The van der Waals surface area contributed by atoms with Crippen LogP contribution in [0.25, 0.3) is 0 Å². The molecule has 0 bridgehead atoms. The molecule has 0 saturated heterocycles. The van der Waals surface area contributed by atoms with Crippen LogP contribution in [0.15, 0.2) is 58.7 Å². The van der Waals surface area contributed by atoms with Gasteiger partial charge in [0.15, 0.2) is 0 Å². The SMILES string of the molecule is CC1=C(/C=C/C(C)=C/C=C/C(C)=C/C(=O)OC(C)C)C(C)(C)CCC1. The number of allylic oxidation sites excluding steroid dienone is 9. The van der Waals surface area contributed by atoms with E-state index in [1.165, 1.54) is 42.1 Å². The van der Waals surface area contributed by atoms with Crippen LogP contribution in [0.1, 0.15) is 67.7 Å². The lowest BCUT2D eigenvalue weighted by molar-refractivity contribution is -0.141. The molecule has 0 aromatic rings. The topological polar surface area (TPSA) is 26.3 Å². The first-order valence-electron chi connectivity index (χ1n) is 9.24. The van der Waals surface area contributed by atoms with Gasteiger partial charge in [0.25, 0.3) is 0 Å². The van der Waals surface area contributed by atoms with Gasteiger partial charge >= 0.3 is 5.97 Å². The molecule has 0 aromatic heterocycles. The monoisotopic (exact) mass is 342 g/mol. The molecule has 138 valence electrons. The number of ether oxygens (including phenoxy) is 1. The standard InChI is InChI=1S/C23H34O2/c1-17(2)25-22(24)16-19(4)11-8-10-18(3)13-14-21-20(5)12-9-15-23(21,6)7/h8,10-11,13-14,16-17H,9,12,15H2,1-7H3/b11-8+,14-13+,18-10+,19-16+. The molecule has 0 aromatic carbocycles. The third-order valence-corrected chi connectivity index (χ3v) is 4.47. The predicted molar refractivity (Wildman–Crippen MR) is 107 cm³/mol. The highest BCUT2D eigenvalue weighted by molar-refractivity contribution is 5.83. The fourth-order valence-corrected chi connectivity index (χ4v) is 3.13. The molecule has 1 aliphatic rings. The number of hydrogen-bond donors (Lipinski definition) is 0. The number of hydrogen-bond acceptors (Lipinski definition) is 2. The van der Waals surface area contributed by atoms with Crippen LogP contribution in [0.3, 0.4) is 0 Å². The second-order valence-corrected chi connectivity index (χ2v) is 7.91. The molecule has 0 amide bonds. The van der Waals surface area contributed by atoms with Crippen molar-refractivity contribution in [2.24, 2.45) is 5.41 Å². The molecule has 25 heavy (non-hydrogen) atoms. The van der Waals surface area contributed by atoms with Gasteiger partial charge in [0.05, 0.1) is 6.10 Å². The van der Waals surface area contributed by atoms with E-state index in [4.69, 9.17) is 4.74 Å². The van der Waals surface area contributed by atoms with Crippen molar-refractivity contribution in [3.8, 4) is 0 Å². The van der Waals surface area contributed by atoms with Crippen molar-refractivity contribution in [3.05, 3.63) is 58.7 Å². The summed E-state index contributed by atoms with van der Waals surface area (Å²) in [5, 5.41) is 0. The van der Waals surface area contributed by atoms with Gasteiger partial charge in [-0.15, -0.1) is 0 Å². The molecule has 0 N–H and O–H groups in total. The predicted octanol–water partition coefficient (Wildman–Crippen LogP) is 6.47. The molecule has 2 nitrogen and oxygen atoms in total. The zero-order valence-corrected chi connectivity index (χ0v) is 17.0. The number of carbonyl (C=O) groups excluding carboxylic acids is 1. The van der Waals surface area contributed by atoms with E-state index in [9.17, 15) is 4.79 Å². The lowest BCUT2D eigenvalue weighted by atomic mass is 9.72. The maximum Gasteiger partial charge on any atom is 0.331 e. The van der Waals surface area contributed by atoms with Crippen LogP contribution >= 0.6 is 0 Å². The average Bonchev–Trinajstić information content (AvgIpc) is 2.44. The first-order valence-corrected chi connectivity index (χ1v) is 9.24. The summed E-state index contributed by atoms with van der Waals surface area (Å²) in [4.78, 5) is 11.6. The molecule has 0 atom stereocenters. The van der Waals surface area contributed by atoms with Gasteiger partial charge in [-0.25, -0.2) is 4.79 Å². The Morgan fingerprint density at radius 2 is 1.84 bits per heavy atom. The molecular weight excluding hydrogens is 308 g/mol. The van der Waals surface area contributed by atoms with Gasteiger partial charge in [-0.05, 0) is 70.4 Å². The van der Waals surface area contributed by atoms with Crippen molar-refractivity contribution in [2.75, 3.05) is 0 Å². The highest BCUT2D eigenvalue weighted by Gasteiger charge is 2.26. The van der Waals surface area contributed by atoms with E-state index in [1.54, 1.807) is 0 Å². The molecule has 1 aliphatic carbocycles. The normalized spacial score (nSPS) is 19.4. The Hall–Kier alpha value is -1.83. The molecular formula is C23H34O2. The van der Waals surface area contributed by atoms with Gasteiger partial charge in [0.2, 0.25) is 0 Å². The summed E-state index contributed by atoms with van der Waals surface area (Å²) < 4.78 is 5.10. The highest BCUT2D eigenvalue weighted by Crippen LogP contribution is 2.40. The average molecular weight is 343 g/mol. The molecule has 0 unspecified atom stereocenters. The van der Waals surface area contributed by atoms with Crippen LogP contribution < -0.4 is 0 Å². The van der Waals surface area contributed by atoms with Gasteiger partial charge < -0.3 is 4.74 Å². The lowest BCUT2D eigenvalue weighted by Crippen LogP contribution is -2.19. The van der Waals surface area contributed by atoms with Gasteiger partial charge in [-0.1, -0.05) is 55.4 Å². The van der Waals surface area contributed by atoms with Crippen LogP contribution in [0.5, 0.6) is 0 Å². The minimum absolute atomic E-state index is 0.0883. The molecule has 0 fully saturated rings. The minimum atomic E-state index is -0.292. The van der Waals surface area contributed by atoms with E-state index in [-0.39, 0.29) is 17.5 Å². The Labute approximate surface area is 154 Å². The Morgan fingerprint density at radius 3 is 2.44 bits per heavy atom. The largest absolute Gasteiger partial charge is 0.460 e. The second-order valence-electron chi connectivity index (χ2n) is 7.91. The summed E-state index contributed by atoms with van der Waals surface area (Å²) in [5.74, 6) is -0.292. The number of esters is 1. The van der Waals surface area contributed by atoms with Gasteiger partial charge in [-0.2, -0.15) is 0 Å². The Bertz CT molecular complexity index is 622. The van der Waals surface area contributed by atoms with Gasteiger partial charge in [0, 0.05) is 6.08 Å². The maximum absolute atomic E-state index is 11.6. The van der Waals surface area contributed by atoms with E-state index in [0.29, 0.717) is 0 Å². The van der Waals surface area contributed by atoms with E-state index in [1.807, 2.05) is 32.9 Å². The van der Waals surface area contributed by atoms with Gasteiger partial charge in [-0.3, -0.25) is 0 Å². The molecule has 0 heterocycles. The summed E-state index contributed by atoms with van der Waals surface area (Å²) in [6.07, 6.45) is 15.6. The van der Waals surface area contributed by atoms with Crippen molar-refractivity contribution in [3.63, 3.8) is 0 Å². The summed E-state index contributed by atoms with van der Waals surface area (Å²) in [7, 11) is 0. The Balaban J connectivity index is 2.72. The van der Waals surface area contributed by atoms with Crippen molar-refractivity contribution in [2.45, 2.75) is 73.8 Å². The van der Waals surface area contributed by atoms with Crippen LogP contribution in [-0.2, 0) is 9.53 Å². The van der Waals surface area contributed by atoms with Crippen LogP contribution in [0.4, 0.5) is 0 Å². The van der Waals surface area contributed by atoms with Crippen LogP contribution in [-0.4, -0.2) is 12.1 Å². The molecule has 0 radical (unpaired) electrons. The minimum Gasteiger partial charge on any atom is -0.460 e. The van der Waals surface area contributed by atoms with Crippen LogP contribution in [0, 0.1) is 5.41 Å². The maximum atomic E-state index is 11.6. The fourth-order valence-electron chi connectivity index (χ4n) is 3.13. The summed E-state index contributed by atoms with van der Waals surface area (Å²) >= 11 is 0. The van der Waals surface area contributed by atoms with Crippen LogP contribution in [0.2, 0.25) is 0 Å². The number of rotatable bonds is 6. The fraction of sp³-hybridized carbons (Fsp3) is 0.522. The summed E-state index contributed by atoms with van der Waals surface area (Å²) in [6.45, 7) is 14.6. The Morgan fingerprint density at radius 1 is 1.16 bits per heavy atom. The molecule has 0 saturated carbocycles.